The van der Waals surface area contributed by atoms with Crippen LogP contribution < -0.4 is 10.6 Å². The van der Waals surface area contributed by atoms with Gasteiger partial charge in [0.05, 0.1) is 5.56 Å². The average molecular weight is 303 g/mol. The molecular formula is C15H21N5S. The zero-order chi connectivity index (χ0) is 14.8. The third-order valence-corrected chi connectivity index (χ3v) is 5.06. The number of piperidine rings is 1. The standard InChI is InChI=1S/C15H21N5S/c1-19(2)12-5-8-20(9-6-12)15-13(14(16)18-21-15)11-4-3-7-17-10-11/h3-4,7,10,12H,5-6,8-9H2,1-2H3,(H2,16,18). The molecule has 2 aromatic heterocycles. The topological polar surface area (TPSA) is 58.3 Å². The third-order valence-electron chi connectivity index (χ3n) is 4.13. The highest BCUT2D eigenvalue weighted by molar-refractivity contribution is 7.11. The minimum Gasteiger partial charge on any atom is -0.382 e. The monoisotopic (exact) mass is 303 g/mol. The summed E-state index contributed by atoms with van der Waals surface area (Å²) in [5.41, 5.74) is 8.18. The lowest BCUT2D eigenvalue weighted by molar-refractivity contribution is 0.250. The highest BCUT2D eigenvalue weighted by Crippen LogP contribution is 2.40. The van der Waals surface area contributed by atoms with Crippen LogP contribution in [0.1, 0.15) is 12.8 Å². The van der Waals surface area contributed by atoms with Crippen LogP contribution in [0, 0.1) is 0 Å². The number of nitrogens with two attached hydrogens (primary N) is 1. The Morgan fingerprint density at radius 3 is 2.71 bits per heavy atom. The second-order valence-electron chi connectivity index (χ2n) is 5.67. The molecule has 0 atom stereocenters. The van der Waals surface area contributed by atoms with Crippen molar-refractivity contribution in [1.29, 1.82) is 0 Å². The molecule has 0 amide bonds. The second-order valence-corrected chi connectivity index (χ2v) is 6.42. The Kier molecular flexibility index (Phi) is 4.07. The lowest BCUT2D eigenvalue weighted by Gasteiger charge is -2.36. The van der Waals surface area contributed by atoms with E-state index in [2.05, 4.69) is 33.3 Å². The summed E-state index contributed by atoms with van der Waals surface area (Å²) in [4.78, 5) is 8.93. The summed E-state index contributed by atoms with van der Waals surface area (Å²) in [6.45, 7) is 2.11. The second kappa shape index (κ2) is 5.99. The van der Waals surface area contributed by atoms with Crippen LogP contribution in [0.2, 0.25) is 0 Å². The first-order valence-electron chi connectivity index (χ1n) is 7.23. The molecule has 0 spiro atoms. The smallest absolute Gasteiger partial charge is 0.147 e. The number of rotatable bonds is 3. The van der Waals surface area contributed by atoms with Gasteiger partial charge in [0, 0.05) is 37.1 Å². The Bertz CT molecular complexity index is 587. The maximum atomic E-state index is 6.09. The van der Waals surface area contributed by atoms with Gasteiger partial charge in [-0.1, -0.05) is 6.07 Å². The summed E-state index contributed by atoms with van der Waals surface area (Å²) in [6.07, 6.45) is 5.99. The van der Waals surface area contributed by atoms with E-state index < -0.39 is 0 Å². The first kappa shape index (κ1) is 14.3. The van der Waals surface area contributed by atoms with Crippen molar-refractivity contribution in [3.05, 3.63) is 24.5 Å². The predicted molar refractivity (Wildman–Crippen MR) is 88.7 cm³/mol. The van der Waals surface area contributed by atoms with E-state index in [0.29, 0.717) is 11.9 Å². The summed E-state index contributed by atoms with van der Waals surface area (Å²) >= 11 is 1.50. The van der Waals surface area contributed by atoms with E-state index >= 15 is 0 Å². The number of hydrogen-bond donors (Lipinski definition) is 1. The predicted octanol–water partition coefficient (Wildman–Crippen LogP) is 2.32. The van der Waals surface area contributed by atoms with Gasteiger partial charge >= 0.3 is 0 Å². The summed E-state index contributed by atoms with van der Waals surface area (Å²) in [5, 5.41) is 1.18. The van der Waals surface area contributed by atoms with Gasteiger partial charge in [-0.15, -0.1) is 0 Å². The van der Waals surface area contributed by atoms with Gasteiger partial charge in [-0.25, -0.2) is 0 Å². The molecule has 0 saturated carbocycles. The Morgan fingerprint density at radius 1 is 1.33 bits per heavy atom. The molecule has 2 aromatic rings. The van der Waals surface area contributed by atoms with Gasteiger partial charge in [0.15, 0.2) is 0 Å². The molecule has 6 heteroatoms. The number of nitrogens with zero attached hydrogens (tertiary/aromatic N) is 4. The van der Waals surface area contributed by atoms with Gasteiger partial charge in [0.25, 0.3) is 0 Å². The maximum absolute atomic E-state index is 6.09. The van der Waals surface area contributed by atoms with Crippen molar-refractivity contribution in [2.75, 3.05) is 37.8 Å². The first-order valence-corrected chi connectivity index (χ1v) is 8.01. The molecule has 0 unspecified atom stereocenters. The summed E-state index contributed by atoms with van der Waals surface area (Å²) in [5.74, 6) is 0.609. The number of anilines is 2. The van der Waals surface area contributed by atoms with Crippen molar-refractivity contribution in [3.63, 3.8) is 0 Å². The minimum absolute atomic E-state index is 0.609. The highest BCUT2D eigenvalue weighted by atomic mass is 32.1. The molecule has 112 valence electrons. The number of pyridine rings is 1. The van der Waals surface area contributed by atoms with Gasteiger partial charge in [0.2, 0.25) is 0 Å². The van der Waals surface area contributed by atoms with Crippen molar-refractivity contribution in [2.24, 2.45) is 0 Å². The Balaban J connectivity index is 1.85. The van der Waals surface area contributed by atoms with E-state index in [0.717, 1.165) is 24.2 Å². The van der Waals surface area contributed by atoms with Crippen molar-refractivity contribution in [2.45, 2.75) is 18.9 Å². The Labute approximate surface area is 129 Å². The lowest BCUT2D eigenvalue weighted by atomic mass is 10.0. The van der Waals surface area contributed by atoms with Gasteiger partial charge in [0.1, 0.15) is 10.8 Å². The van der Waals surface area contributed by atoms with Crippen LogP contribution in [0.25, 0.3) is 11.1 Å². The van der Waals surface area contributed by atoms with Crippen molar-refractivity contribution >= 4 is 22.4 Å². The molecule has 0 aliphatic carbocycles. The molecule has 21 heavy (non-hydrogen) atoms. The van der Waals surface area contributed by atoms with Crippen molar-refractivity contribution < 1.29 is 0 Å². The SMILES string of the molecule is CN(C)C1CCN(c2snc(N)c2-c2cccnc2)CC1. The normalized spacial score (nSPS) is 16.6. The molecule has 0 radical (unpaired) electrons. The number of nitrogen functional groups attached to an aromatic ring is 1. The van der Waals surface area contributed by atoms with Crippen LogP contribution in [0.4, 0.5) is 10.8 Å². The maximum Gasteiger partial charge on any atom is 0.147 e. The summed E-state index contributed by atoms with van der Waals surface area (Å²) in [7, 11) is 4.32. The lowest BCUT2D eigenvalue weighted by Crippen LogP contribution is -2.41. The Morgan fingerprint density at radius 2 is 2.10 bits per heavy atom. The molecule has 3 rings (SSSR count). The molecule has 1 aliphatic heterocycles. The van der Waals surface area contributed by atoms with E-state index in [4.69, 9.17) is 5.73 Å². The van der Waals surface area contributed by atoms with Crippen molar-refractivity contribution in [1.82, 2.24) is 14.3 Å². The van der Waals surface area contributed by atoms with Crippen LogP contribution in [0.3, 0.4) is 0 Å². The van der Waals surface area contributed by atoms with E-state index in [-0.39, 0.29) is 0 Å². The molecular weight excluding hydrogens is 282 g/mol. The van der Waals surface area contributed by atoms with Crippen LogP contribution in [-0.2, 0) is 0 Å². The van der Waals surface area contributed by atoms with E-state index in [1.807, 2.05) is 18.3 Å². The van der Waals surface area contributed by atoms with Crippen molar-refractivity contribution in [3.8, 4) is 11.1 Å². The fourth-order valence-electron chi connectivity index (χ4n) is 2.88. The molecule has 1 fully saturated rings. The van der Waals surface area contributed by atoms with E-state index in [9.17, 15) is 0 Å². The van der Waals surface area contributed by atoms with Gasteiger partial charge < -0.3 is 15.5 Å². The van der Waals surface area contributed by atoms with Crippen LogP contribution in [0.5, 0.6) is 0 Å². The minimum atomic E-state index is 0.609. The zero-order valence-electron chi connectivity index (χ0n) is 12.5. The first-order chi connectivity index (χ1) is 10.2. The third kappa shape index (κ3) is 2.87. The molecule has 0 bridgehead atoms. The van der Waals surface area contributed by atoms with Crippen LogP contribution in [0.15, 0.2) is 24.5 Å². The fraction of sp³-hybridized carbons (Fsp3) is 0.467. The van der Waals surface area contributed by atoms with E-state index in [1.165, 1.54) is 29.4 Å². The number of aromatic nitrogens is 2. The molecule has 2 N–H and O–H groups in total. The Hall–Kier alpha value is -1.66. The summed E-state index contributed by atoms with van der Waals surface area (Å²) in [6, 6.07) is 4.66. The van der Waals surface area contributed by atoms with E-state index in [1.54, 1.807) is 6.20 Å². The number of hydrogen-bond acceptors (Lipinski definition) is 6. The van der Waals surface area contributed by atoms with Gasteiger partial charge in [-0.2, -0.15) is 4.37 Å². The molecule has 5 nitrogen and oxygen atoms in total. The molecule has 0 aromatic carbocycles. The zero-order valence-corrected chi connectivity index (χ0v) is 13.3. The largest absolute Gasteiger partial charge is 0.382 e. The van der Waals surface area contributed by atoms with Crippen LogP contribution >= 0.6 is 11.5 Å². The van der Waals surface area contributed by atoms with Gasteiger partial charge in [-0.05, 0) is 44.5 Å². The summed E-state index contributed by atoms with van der Waals surface area (Å²) < 4.78 is 4.36. The highest BCUT2D eigenvalue weighted by Gasteiger charge is 2.25. The molecule has 3 heterocycles. The quantitative estimate of drug-likeness (QED) is 0.943. The van der Waals surface area contributed by atoms with Gasteiger partial charge in [-0.3, -0.25) is 4.98 Å². The molecule has 1 aliphatic rings. The molecule has 1 saturated heterocycles. The fourth-order valence-corrected chi connectivity index (χ4v) is 3.76. The van der Waals surface area contributed by atoms with Crippen LogP contribution in [-0.4, -0.2) is 47.5 Å². The average Bonchev–Trinajstić information content (AvgIpc) is 2.90.